The number of nitrogens with two attached hydrogens (primary N) is 1. The maximum atomic E-state index is 5.51. The van der Waals surface area contributed by atoms with Crippen LogP contribution in [0.1, 0.15) is 18.1 Å². The lowest BCUT2D eigenvalue weighted by Gasteiger charge is -2.06. The van der Waals surface area contributed by atoms with Crippen molar-refractivity contribution in [3.63, 3.8) is 0 Å². The van der Waals surface area contributed by atoms with Crippen molar-refractivity contribution in [1.29, 1.82) is 0 Å². The molecule has 1 aliphatic rings. The minimum atomic E-state index is 0.978. The second-order valence-corrected chi connectivity index (χ2v) is 4.22. The van der Waals surface area contributed by atoms with Crippen molar-refractivity contribution in [3.05, 3.63) is 66.2 Å². The van der Waals surface area contributed by atoms with Gasteiger partial charge in [0.2, 0.25) is 0 Å². The van der Waals surface area contributed by atoms with Crippen LogP contribution in [0.15, 0.2) is 55.1 Å². The van der Waals surface area contributed by atoms with Crippen molar-refractivity contribution < 1.29 is 0 Å². The number of allylic oxidation sites excluding steroid dienone is 1. The van der Waals surface area contributed by atoms with Gasteiger partial charge in [-0.1, -0.05) is 42.5 Å². The molecule has 0 aromatic heterocycles. The maximum absolute atomic E-state index is 5.51. The molecule has 2 aromatic carbocycles. The van der Waals surface area contributed by atoms with Gasteiger partial charge < -0.3 is 5.43 Å². The lowest BCUT2D eigenvalue weighted by molar-refractivity contribution is 1.23. The van der Waals surface area contributed by atoms with E-state index in [1.807, 2.05) is 19.1 Å². The summed E-state index contributed by atoms with van der Waals surface area (Å²) < 4.78 is 0. The van der Waals surface area contributed by atoms with Gasteiger partial charge in [-0.2, -0.15) is 0 Å². The van der Waals surface area contributed by atoms with E-state index in [9.17, 15) is 0 Å². The Morgan fingerprint density at radius 3 is 2.50 bits per heavy atom. The largest absolute Gasteiger partial charge is 0.324 e. The molecular formula is C16H18N2. The van der Waals surface area contributed by atoms with Gasteiger partial charge in [-0.3, -0.25) is 5.84 Å². The van der Waals surface area contributed by atoms with Crippen LogP contribution in [0.3, 0.4) is 0 Å². The lowest BCUT2D eigenvalue weighted by atomic mass is 10.1. The molecule has 3 N–H and O–H groups in total. The Hall–Kier alpha value is -2.06. The molecule has 0 saturated carbocycles. The van der Waals surface area contributed by atoms with Gasteiger partial charge in [0.15, 0.2) is 0 Å². The third-order valence-electron chi connectivity index (χ3n) is 3.01. The number of hydrogen-bond acceptors (Lipinski definition) is 2. The summed E-state index contributed by atoms with van der Waals surface area (Å²) in [5, 5.41) is 0. The van der Waals surface area contributed by atoms with Crippen LogP contribution in [0, 0.1) is 0 Å². The first-order chi connectivity index (χ1) is 8.81. The zero-order valence-corrected chi connectivity index (χ0v) is 10.6. The Labute approximate surface area is 108 Å². The first-order valence-corrected chi connectivity index (χ1v) is 6.05. The quantitative estimate of drug-likeness (QED) is 0.385. The standard InChI is InChI=1S/C13H12N2.C3H6/c14-15-13-7-3-6-11-10-5-2-1-4-9(10)8-12(11)13;1-3-2/h1-7,15H,8,14H2;3H,1H2,2H3. The Morgan fingerprint density at radius 1 is 1.11 bits per heavy atom. The van der Waals surface area contributed by atoms with Crippen LogP contribution in [-0.2, 0) is 6.42 Å². The molecule has 3 rings (SSSR count). The van der Waals surface area contributed by atoms with Gasteiger partial charge in [0.05, 0.1) is 5.69 Å². The highest BCUT2D eigenvalue weighted by atomic mass is 15.2. The Balaban J connectivity index is 0.000000367. The zero-order valence-electron chi connectivity index (χ0n) is 10.6. The second kappa shape index (κ2) is 5.52. The monoisotopic (exact) mass is 238 g/mol. The van der Waals surface area contributed by atoms with E-state index in [0.29, 0.717) is 0 Å². The number of hydrazine groups is 1. The molecular weight excluding hydrogens is 220 g/mol. The molecule has 0 radical (unpaired) electrons. The van der Waals surface area contributed by atoms with Crippen LogP contribution in [0.5, 0.6) is 0 Å². The summed E-state index contributed by atoms with van der Waals surface area (Å²) in [5.74, 6) is 5.51. The van der Waals surface area contributed by atoms with Gasteiger partial charge in [-0.25, -0.2) is 0 Å². The van der Waals surface area contributed by atoms with Gasteiger partial charge in [0.25, 0.3) is 0 Å². The first-order valence-electron chi connectivity index (χ1n) is 6.05. The average molecular weight is 238 g/mol. The van der Waals surface area contributed by atoms with Gasteiger partial charge in [0.1, 0.15) is 0 Å². The van der Waals surface area contributed by atoms with Crippen molar-refractivity contribution in [2.75, 3.05) is 5.43 Å². The molecule has 0 fully saturated rings. The number of nitrogen functional groups attached to an aromatic ring is 1. The number of hydrogen-bond donors (Lipinski definition) is 2. The molecule has 2 nitrogen and oxygen atoms in total. The summed E-state index contributed by atoms with van der Waals surface area (Å²) in [6.07, 6.45) is 2.73. The zero-order chi connectivity index (χ0) is 13.0. The molecule has 0 saturated heterocycles. The summed E-state index contributed by atoms with van der Waals surface area (Å²) in [4.78, 5) is 0. The minimum absolute atomic E-state index is 0.978. The maximum Gasteiger partial charge on any atom is 0.0526 e. The summed E-state index contributed by atoms with van der Waals surface area (Å²) >= 11 is 0. The molecule has 0 bridgehead atoms. The van der Waals surface area contributed by atoms with E-state index in [0.717, 1.165) is 12.1 Å². The number of benzene rings is 2. The molecule has 0 spiro atoms. The van der Waals surface area contributed by atoms with E-state index in [2.05, 4.69) is 42.3 Å². The molecule has 0 unspecified atom stereocenters. The molecule has 0 atom stereocenters. The molecule has 2 heteroatoms. The Kier molecular flexibility index (Phi) is 3.80. The predicted molar refractivity (Wildman–Crippen MR) is 78.4 cm³/mol. The predicted octanol–water partition coefficient (Wildman–Crippen LogP) is 3.74. The van der Waals surface area contributed by atoms with Crippen LogP contribution in [0.4, 0.5) is 5.69 Å². The van der Waals surface area contributed by atoms with E-state index >= 15 is 0 Å². The molecule has 2 aromatic rings. The topological polar surface area (TPSA) is 38.0 Å². The number of rotatable bonds is 1. The van der Waals surface area contributed by atoms with Gasteiger partial charge >= 0.3 is 0 Å². The molecule has 18 heavy (non-hydrogen) atoms. The summed E-state index contributed by atoms with van der Waals surface area (Å²) in [6.45, 7) is 5.25. The Morgan fingerprint density at radius 2 is 1.78 bits per heavy atom. The van der Waals surface area contributed by atoms with Gasteiger partial charge in [-0.05, 0) is 35.2 Å². The van der Waals surface area contributed by atoms with Gasteiger partial charge in [-0.15, -0.1) is 6.58 Å². The summed E-state index contributed by atoms with van der Waals surface area (Å²) in [7, 11) is 0. The van der Waals surface area contributed by atoms with E-state index in [4.69, 9.17) is 5.84 Å². The third kappa shape index (κ3) is 2.15. The molecule has 92 valence electrons. The molecule has 0 amide bonds. The lowest BCUT2D eigenvalue weighted by Crippen LogP contribution is -2.08. The van der Waals surface area contributed by atoms with E-state index < -0.39 is 0 Å². The van der Waals surface area contributed by atoms with Crippen LogP contribution in [0.25, 0.3) is 11.1 Å². The smallest absolute Gasteiger partial charge is 0.0526 e. The fourth-order valence-corrected chi connectivity index (χ4v) is 2.29. The van der Waals surface area contributed by atoms with Gasteiger partial charge in [0, 0.05) is 6.42 Å². The number of anilines is 1. The van der Waals surface area contributed by atoms with E-state index in [-0.39, 0.29) is 0 Å². The van der Waals surface area contributed by atoms with Crippen LogP contribution in [-0.4, -0.2) is 0 Å². The third-order valence-corrected chi connectivity index (χ3v) is 3.01. The second-order valence-electron chi connectivity index (χ2n) is 4.22. The number of nitrogens with one attached hydrogen (secondary N) is 1. The summed E-state index contributed by atoms with van der Waals surface area (Å²) in [6, 6.07) is 14.7. The SMILES string of the molecule is C=CC.NNc1cccc2c1Cc1ccccc1-2. The molecule has 0 aliphatic heterocycles. The van der Waals surface area contributed by atoms with E-state index in [1.165, 1.54) is 22.3 Å². The minimum Gasteiger partial charge on any atom is -0.324 e. The highest BCUT2D eigenvalue weighted by molar-refractivity contribution is 5.81. The van der Waals surface area contributed by atoms with Crippen molar-refractivity contribution in [2.24, 2.45) is 5.84 Å². The summed E-state index contributed by atoms with van der Waals surface area (Å²) in [5.41, 5.74) is 9.13. The van der Waals surface area contributed by atoms with Crippen molar-refractivity contribution in [1.82, 2.24) is 0 Å². The van der Waals surface area contributed by atoms with Crippen LogP contribution < -0.4 is 11.3 Å². The first kappa shape index (κ1) is 12.4. The highest BCUT2D eigenvalue weighted by Gasteiger charge is 2.19. The van der Waals surface area contributed by atoms with Crippen molar-refractivity contribution in [2.45, 2.75) is 13.3 Å². The fraction of sp³-hybridized carbons (Fsp3) is 0.125. The normalized spacial score (nSPS) is 10.8. The highest BCUT2D eigenvalue weighted by Crippen LogP contribution is 2.39. The van der Waals surface area contributed by atoms with Crippen LogP contribution >= 0.6 is 0 Å². The number of fused-ring (bicyclic) bond motifs is 3. The van der Waals surface area contributed by atoms with Crippen LogP contribution in [0.2, 0.25) is 0 Å². The Bertz CT molecular complexity index is 559. The molecule has 1 aliphatic carbocycles. The molecule has 0 heterocycles. The fourth-order valence-electron chi connectivity index (χ4n) is 2.29. The van der Waals surface area contributed by atoms with Crippen molar-refractivity contribution in [3.8, 4) is 11.1 Å². The average Bonchev–Trinajstić information content (AvgIpc) is 2.78. The van der Waals surface area contributed by atoms with Crippen molar-refractivity contribution >= 4 is 5.69 Å². The van der Waals surface area contributed by atoms with E-state index in [1.54, 1.807) is 6.08 Å².